The van der Waals surface area contributed by atoms with E-state index in [2.05, 4.69) is 25.6 Å². The Hall–Kier alpha value is -3.08. The molecular weight excluding hydrogens is 501 g/mol. The number of anilines is 1. The lowest BCUT2D eigenvalue weighted by atomic mass is 10.2. The van der Waals surface area contributed by atoms with Gasteiger partial charge in [0.05, 0.1) is 35.1 Å². The highest BCUT2D eigenvalue weighted by molar-refractivity contribution is 7.99. The Morgan fingerprint density at radius 1 is 1.15 bits per heavy atom. The van der Waals surface area contributed by atoms with Gasteiger partial charge in [-0.3, -0.25) is 9.59 Å². The van der Waals surface area contributed by atoms with E-state index in [1.165, 1.54) is 31.0 Å². The molecule has 0 aliphatic carbocycles. The molecule has 12 heteroatoms. The zero-order chi connectivity index (χ0) is 24.8. The number of carbonyl (C=O) groups is 3. The van der Waals surface area contributed by atoms with E-state index in [9.17, 15) is 14.4 Å². The van der Waals surface area contributed by atoms with Gasteiger partial charge < -0.3 is 19.9 Å². The molecule has 2 aromatic carbocycles. The van der Waals surface area contributed by atoms with E-state index in [0.717, 1.165) is 0 Å². The average Bonchev–Trinajstić information content (AvgIpc) is 3.17. The third-order valence-corrected chi connectivity index (χ3v) is 6.25. The smallest absolute Gasteiger partial charge is 0.337 e. The fourth-order valence-electron chi connectivity index (χ4n) is 3.01. The number of amides is 2. The van der Waals surface area contributed by atoms with Crippen LogP contribution in [0, 0.1) is 0 Å². The van der Waals surface area contributed by atoms with Gasteiger partial charge in [0.2, 0.25) is 5.91 Å². The van der Waals surface area contributed by atoms with E-state index < -0.39 is 12.0 Å². The number of halogens is 2. The Kier molecular flexibility index (Phi) is 8.54. The van der Waals surface area contributed by atoms with E-state index >= 15 is 0 Å². The first-order chi connectivity index (χ1) is 16.2. The molecule has 2 amide bonds. The number of hydrogen-bond acceptors (Lipinski definition) is 7. The molecule has 1 heterocycles. The fourth-order valence-corrected chi connectivity index (χ4v) is 4.22. The van der Waals surface area contributed by atoms with Crippen molar-refractivity contribution in [3.05, 3.63) is 69.5 Å². The number of nitrogens with zero attached hydrogens (tertiary/aromatic N) is 3. The first kappa shape index (κ1) is 25.5. The second kappa shape index (κ2) is 11.4. The van der Waals surface area contributed by atoms with Crippen LogP contribution in [0.15, 0.2) is 47.6 Å². The standard InChI is InChI=1S/C22H21Cl2N5O4S/c1-12(25-20(31)16-8-7-14(23)10-17(16)24)19-27-28-22(29(19)2)34-11-18(30)26-15-6-4-5-13(9-15)21(32)33-3/h4-10,12H,11H2,1-3H3,(H,25,31)(H,26,30)/t12-/m1/s1. The zero-order valence-electron chi connectivity index (χ0n) is 18.5. The summed E-state index contributed by atoms with van der Waals surface area (Å²) in [6.07, 6.45) is 0. The third-order valence-electron chi connectivity index (χ3n) is 4.68. The average molecular weight is 522 g/mol. The third kappa shape index (κ3) is 6.28. The van der Waals surface area contributed by atoms with Crippen LogP contribution < -0.4 is 10.6 Å². The minimum atomic E-state index is -0.489. The van der Waals surface area contributed by atoms with Gasteiger partial charge >= 0.3 is 5.97 Å². The van der Waals surface area contributed by atoms with Crippen molar-refractivity contribution in [3.8, 4) is 0 Å². The molecule has 0 aliphatic heterocycles. The number of rotatable bonds is 8. The van der Waals surface area contributed by atoms with Crippen LogP contribution in [0.25, 0.3) is 0 Å². The second-order valence-corrected chi connectivity index (χ2v) is 8.91. The van der Waals surface area contributed by atoms with Crippen LogP contribution >= 0.6 is 35.0 Å². The summed E-state index contributed by atoms with van der Waals surface area (Å²) < 4.78 is 6.38. The Bertz CT molecular complexity index is 1230. The van der Waals surface area contributed by atoms with E-state index in [1.54, 1.807) is 48.9 Å². The maximum absolute atomic E-state index is 12.6. The van der Waals surface area contributed by atoms with Crippen molar-refractivity contribution in [2.45, 2.75) is 18.1 Å². The van der Waals surface area contributed by atoms with Gasteiger partial charge in [-0.25, -0.2) is 4.79 Å². The molecule has 178 valence electrons. The summed E-state index contributed by atoms with van der Waals surface area (Å²) >= 11 is 13.2. The summed E-state index contributed by atoms with van der Waals surface area (Å²) in [4.78, 5) is 36.6. The number of hydrogen-bond donors (Lipinski definition) is 2. The summed E-state index contributed by atoms with van der Waals surface area (Å²) in [5.74, 6) is -0.575. The van der Waals surface area contributed by atoms with Crippen molar-refractivity contribution in [2.24, 2.45) is 7.05 Å². The highest BCUT2D eigenvalue weighted by Crippen LogP contribution is 2.23. The molecule has 0 saturated heterocycles. The van der Waals surface area contributed by atoms with E-state index in [4.69, 9.17) is 23.2 Å². The van der Waals surface area contributed by atoms with Gasteiger partial charge in [-0.05, 0) is 43.3 Å². The number of benzene rings is 2. The maximum atomic E-state index is 12.6. The van der Waals surface area contributed by atoms with Crippen molar-refractivity contribution in [2.75, 3.05) is 18.2 Å². The van der Waals surface area contributed by atoms with Gasteiger partial charge in [-0.1, -0.05) is 41.0 Å². The number of methoxy groups -OCH3 is 1. The Morgan fingerprint density at radius 2 is 1.91 bits per heavy atom. The van der Waals surface area contributed by atoms with Crippen molar-refractivity contribution < 1.29 is 19.1 Å². The summed E-state index contributed by atoms with van der Waals surface area (Å²) in [5.41, 5.74) is 1.11. The predicted molar refractivity (Wildman–Crippen MR) is 130 cm³/mol. The van der Waals surface area contributed by atoms with Crippen LogP contribution in [0.5, 0.6) is 0 Å². The largest absolute Gasteiger partial charge is 0.465 e. The lowest BCUT2D eigenvalue weighted by Gasteiger charge is -2.14. The molecular formula is C22H21Cl2N5O4S. The maximum Gasteiger partial charge on any atom is 0.337 e. The minimum Gasteiger partial charge on any atom is -0.465 e. The Labute approximate surface area is 210 Å². The normalized spacial score (nSPS) is 11.6. The molecule has 1 aromatic heterocycles. The molecule has 0 radical (unpaired) electrons. The number of ether oxygens (including phenoxy) is 1. The van der Waals surface area contributed by atoms with Crippen LogP contribution in [-0.4, -0.2) is 45.4 Å². The highest BCUT2D eigenvalue weighted by Gasteiger charge is 2.20. The van der Waals surface area contributed by atoms with Crippen LogP contribution in [0.4, 0.5) is 5.69 Å². The lowest BCUT2D eigenvalue weighted by molar-refractivity contribution is -0.113. The van der Waals surface area contributed by atoms with E-state index in [1.807, 2.05) is 0 Å². The number of esters is 1. The Balaban J connectivity index is 1.59. The van der Waals surface area contributed by atoms with Crippen LogP contribution in [-0.2, 0) is 16.6 Å². The molecule has 0 bridgehead atoms. The van der Waals surface area contributed by atoms with E-state index in [-0.39, 0.29) is 22.6 Å². The molecule has 0 spiro atoms. The Morgan fingerprint density at radius 3 is 2.62 bits per heavy atom. The molecule has 0 saturated carbocycles. The van der Waals surface area contributed by atoms with Gasteiger partial charge in [0, 0.05) is 17.8 Å². The molecule has 3 aromatic rings. The summed E-state index contributed by atoms with van der Waals surface area (Å²) in [7, 11) is 3.03. The second-order valence-electron chi connectivity index (χ2n) is 7.13. The number of carbonyl (C=O) groups excluding carboxylic acids is 3. The zero-order valence-corrected chi connectivity index (χ0v) is 20.8. The predicted octanol–water partition coefficient (Wildman–Crippen LogP) is 4.13. The fraction of sp³-hybridized carbons (Fsp3) is 0.227. The molecule has 1 atom stereocenters. The lowest BCUT2D eigenvalue weighted by Crippen LogP contribution is -2.28. The molecule has 0 unspecified atom stereocenters. The topological polar surface area (TPSA) is 115 Å². The molecule has 3 rings (SSSR count). The highest BCUT2D eigenvalue weighted by atomic mass is 35.5. The van der Waals surface area contributed by atoms with Gasteiger partial charge in [-0.2, -0.15) is 0 Å². The quantitative estimate of drug-likeness (QED) is 0.338. The monoisotopic (exact) mass is 521 g/mol. The molecule has 2 N–H and O–H groups in total. The first-order valence-electron chi connectivity index (χ1n) is 9.95. The van der Waals surface area contributed by atoms with Gasteiger partial charge in [0.1, 0.15) is 0 Å². The summed E-state index contributed by atoms with van der Waals surface area (Å²) in [5, 5.41) is 15.0. The van der Waals surface area contributed by atoms with Gasteiger partial charge in [0.15, 0.2) is 11.0 Å². The van der Waals surface area contributed by atoms with E-state index in [0.29, 0.717) is 32.8 Å². The minimum absolute atomic E-state index is 0.0650. The van der Waals surface area contributed by atoms with Crippen molar-refractivity contribution in [1.29, 1.82) is 0 Å². The van der Waals surface area contributed by atoms with Crippen LogP contribution in [0.2, 0.25) is 10.0 Å². The van der Waals surface area contributed by atoms with Gasteiger partial charge in [0.25, 0.3) is 5.91 Å². The SMILES string of the molecule is COC(=O)c1cccc(NC(=O)CSc2nnc([C@@H](C)NC(=O)c3ccc(Cl)cc3Cl)n2C)c1. The molecule has 0 fully saturated rings. The number of thioether (sulfide) groups is 1. The van der Waals surface area contributed by atoms with Crippen LogP contribution in [0.3, 0.4) is 0 Å². The van der Waals surface area contributed by atoms with Crippen molar-refractivity contribution >= 4 is 58.4 Å². The number of nitrogens with one attached hydrogen (secondary N) is 2. The molecule has 0 aliphatic rings. The van der Waals surface area contributed by atoms with Gasteiger partial charge in [-0.15, -0.1) is 10.2 Å². The molecule has 9 nitrogen and oxygen atoms in total. The number of aromatic nitrogens is 3. The molecule has 34 heavy (non-hydrogen) atoms. The van der Waals surface area contributed by atoms with Crippen LogP contribution in [0.1, 0.15) is 39.5 Å². The van der Waals surface area contributed by atoms with Crippen molar-refractivity contribution in [3.63, 3.8) is 0 Å². The summed E-state index contributed by atoms with van der Waals surface area (Å²) in [6.45, 7) is 1.77. The van der Waals surface area contributed by atoms with Crippen molar-refractivity contribution in [1.82, 2.24) is 20.1 Å². The summed E-state index contributed by atoms with van der Waals surface area (Å²) in [6, 6.07) is 10.6. The first-order valence-corrected chi connectivity index (χ1v) is 11.7.